The summed E-state index contributed by atoms with van der Waals surface area (Å²) in [5, 5.41) is 13.8. The zero-order valence-corrected chi connectivity index (χ0v) is 10.5. The van der Waals surface area contributed by atoms with E-state index in [-0.39, 0.29) is 6.04 Å². The lowest BCUT2D eigenvalue weighted by Gasteiger charge is -2.31. The Kier molecular flexibility index (Phi) is 4.57. The minimum atomic E-state index is -0.0956. The fourth-order valence-electron chi connectivity index (χ4n) is 1.62. The summed E-state index contributed by atoms with van der Waals surface area (Å²) >= 11 is 0. The lowest BCUT2D eigenvalue weighted by atomic mass is 9.96. The van der Waals surface area contributed by atoms with Crippen LogP contribution in [0.3, 0.4) is 0 Å². The lowest BCUT2D eigenvalue weighted by molar-refractivity contribution is 0.361. The van der Waals surface area contributed by atoms with Crippen molar-refractivity contribution in [2.24, 2.45) is 10.1 Å². The fourth-order valence-corrected chi connectivity index (χ4v) is 1.62. The Morgan fingerprint density at radius 3 is 2.94 bits per heavy atom. The molecule has 0 radical (unpaired) electrons. The molecule has 0 fully saturated rings. The summed E-state index contributed by atoms with van der Waals surface area (Å²) in [6, 6.07) is -0.0956. The minimum Gasteiger partial charge on any atom is -0.299 e. The van der Waals surface area contributed by atoms with Gasteiger partial charge in [-0.2, -0.15) is 5.10 Å². The second-order valence-electron chi connectivity index (χ2n) is 3.77. The summed E-state index contributed by atoms with van der Waals surface area (Å²) in [5.74, 6) is 0. The van der Waals surface area contributed by atoms with Crippen LogP contribution in [0.1, 0.15) is 13.8 Å². The van der Waals surface area contributed by atoms with E-state index in [1.165, 1.54) is 6.21 Å². The van der Waals surface area contributed by atoms with E-state index in [1.54, 1.807) is 18.3 Å². The molecular formula is C13H18N4. The van der Waals surface area contributed by atoms with Crippen molar-refractivity contribution in [1.82, 2.24) is 5.01 Å². The van der Waals surface area contributed by atoms with Crippen LogP contribution in [0, 0.1) is 5.41 Å². The standard InChI is InChI=1S/C13H18N4/c1-5-8-17-13(10(2)6-7-15-4)11(3)12(14)9-16-17/h5-9,13-14H,3H2,1-2,4H3/b8-5-,10-6+,14-12?,15-7?. The largest absolute Gasteiger partial charge is 0.299 e. The van der Waals surface area contributed by atoms with Gasteiger partial charge in [-0.25, -0.2) is 0 Å². The smallest absolute Gasteiger partial charge is 0.0994 e. The van der Waals surface area contributed by atoms with Gasteiger partial charge >= 0.3 is 0 Å². The second kappa shape index (κ2) is 5.94. The highest BCUT2D eigenvalue weighted by Gasteiger charge is 2.25. The van der Waals surface area contributed by atoms with Gasteiger partial charge in [0.05, 0.1) is 18.0 Å². The molecule has 0 bridgehead atoms. The molecule has 0 saturated heterocycles. The van der Waals surface area contributed by atoms with E-state index in [9.17, 15) is 0 Å². The van der Waals surface area contributed by atoms with Gasteiger partial charge in [0, 0.05) is 25.0 Å². The maximum Gasteiger partial charge on any atom is 0.0994 e. The third-order valence-corrected chi connectivity index (χ3v) is 2.48. The first-order valence-corrected chi connectivity index (χ1v) is 5.43. The van der Waals surface area contributed by atoms with Gasteiger partial charge in [-0.15, -0.1) is 0 Å². The van der Waals surface area contributed by atoms with Crippen LogP contribution in [0.4, 0.5) is 0 Å². The van der Waals surface area contributed by atoms with Gasteiger partial charge in [-0.05, 0) is 25.5 Å². The second-order valence-corrected chi connectivity index (χ2v) is 3.77. The number of rotatable bonds is 3. The highest BCUT2D eigenvalue weighted by atomic mass is 15.5. The molecular weight excluding hydrogens is 212 g/mol. The number of nitrogens with one attached hydrogen (secondary N) is 1. The number of nitrogens with zero attached hydrogens (tertiary/aromatic N) is 3. The van der Waals surface area contributed by atoms with Gasteiger partial charge in [-0.3, -0.25) is 15.4 Å². The molecule has 17 heavy (non-hydrogen) atoms. The molecule has 1 aliphatic heterocycles. The van der Waals surface area contributed by atoms with Crippen molar-refractivity contribution in [2.45, 2.75) is 19.9 Å². The van der Waals surface area contributed by atoms with Crippen LogP contribution in [0.5, 0.6) is 0 Å². The molecule has 0 saturated carbocycles. The maximum atomic E-state index is 7.76. The first kappa shape index (κ1) is 13.1. The van der Waals surface area contributed by atoms with Gasteiger partial charge in [0.1, 0.15) is 0 Å². The summed E-state index contributed by atoms with van der Waals surface area (Å²) in [5.41, 5.74) is 2.17. The topological polar surface area (TPSA) is 51.8 Å². The number of allylic oxidation sites excluding steroid dienone is 2. The Balaban J connectivity index is 3.10. The Labute approximate surface area is 102 Å². The van der Waals surface area contributed by atoms with Crippen molar-refractivity contribution in [3.05, 3.63) is 36.1 Å². The average Bonchev–Trinajstić information content (AvgIpc) is 2.31. The van der Waals surface area contributed by atoms with E-state index in [4.69, 9.17) is 5.41 Å². The van der Waals surface area contributed by atoms with Crippen LogP contribution in [-0.4, -0.2) is 36.2 Å². The molecule has 90 valence electrons. The predicted molar refractivity (Wildman–Crippen MR) is 74.0 cm³/mol. The predicted octanol–water partition coefficient (Wildman–Crippen LogP) is 2.41. The molecule has 0 spiro atoms. The molecule has 4 nitrogen and oxygen atoms in total. The van der Waals surface area contributed by atoms with Crippen molar-refractivity contribution in [3.8, 4) is 0 Å². The molecule has 1 aliphatic rings. The monoisotopic (exact) mass is 230 g/mol. The molecule has 4 heteroatoms. The Morgan fingerprint density at radius 2 is 2.35 bits per heavy atom. The summed E-state index contributed by atoms with van der Waals surface area (Å²) in [6.45, 7) is 7.88. The summed E-state index contributed by atoms with van der Waals surface area (Å²) in [4.78, 5) is 3.93. The van der Waals surface area contributed by atoms with Crippen molar-refractivity contribution in [1.29, 1.82) is 5.41 Å². The third-order valence-electron chi connectivity index (χ3n) is 2.48. The van der Waals surface area contributed by atoms with Crippen molar-refractivity contribution in [3.63, 3.8) is 0 Å². The van der Waals surface area contributed by atoms with E-state index >= 15 is 0 Å². The molecule has 0 amide bonds. The van der Waals surface area contributed by atoms with Crippen LogP contribution < -0.4 is 0 Å². The molecule has 0 aromatic rings. The number of aliphatic imine (C=N–C) groups is 1. The van der Waals surface area contributed by atoms with Gasteiger partial charge in [0.2, 0.25) is 0 Å². The van der Waals surface area contributed by atoms with Crippen LogP contribution >= 0.6 is 0 Å². The Hall–Kier alpha value is -1.97. The van der Waals surface area contributed by atoms with Crippen molar-refractivity contribution >= 4 is 18.1 Å². The average molecular weight is 230 g/mol. The lowest BCUT2D eigenvalue weighted by Crippen LogP contribution is -2.36. The molecule has 0 aliphatic carbocycles. The molecule has 0 aromatic heterocycles. The van der Waals surface area contributed by atoms with Gasteiger partial charge in [-0.1, -0.05) is 12.7 Å². The first-order valence-electron chi connectivity index (χ1n) is 5.43. The van der Waals surface area contributed by atoms with Gasteiger partial charge in [0.25, 0.3) is 0 Å². The molecule has 1 N–H and O–H groups in total. The normalized spacial score (nSPS) is 22.2. The molecule has 1 atom stereocenters. The number of hydrogen-bond acceptors (Lipinski definition) is 4. The van der Waals surface area contributed by atoms with Gasteiger partial charge < -0.3 is 0 Å². The van der Waals surface area contributed by atoms with Crippen LogP contribution in [0.2, 0.25) is 0 Å². The minimum absolute atomic E-state index is 0.0956. The van der Waals surface area contributed by atoms with Crippen LogP contribution in [-0.2, 0) is 0 Å². The number of hydrogen-bond donors (Lipinski definition) is 1. The van der Waals surface area contributed by atoms with Crippen LogP contribution in [0.25, 0.3) is 0 Å². The SMILES string of the molecule is C=C1C(=N)C=NN(/C=C\C)C1/C(C)=C/C=NC. The van der Waals surface area contributed by atoms with Crippen LogP contribution in [0.15, 0.2) is 46.2 Å². The fraction of sp³-hybridized carbons (Fsp3) is 0.308. The first-order chi connectivity index (χ1) is 8.11. The highest BCUT2D eigenvalue weighted by molar-refractivity contribution is 6.37. The quantitative estimate of drug-likeness (QED) is 0.744. The van der Waals surface area contributed by atoms with Crippen molar-refractivity contribution in [2.75, 3.05) is 7.05 Å². The zero-order chi connectivity index (χ0) is 12.8. The Morgan fingerprint density at radius 1 is 1.65 bits per heavy atom. The van der Waals surface area contributed by atoms with E-state index in [0.29, 0.717) is 5.71 Å². The summed E-state index contributed by atoms with van der Waals surface area (Å²) in [6.07, 6.45) is 8.95. The molecule has 1 rings (SSSR count). The summed E-state index contributed by atoms with van der Waals surface area (Å²) in [7, 11) is 1.73. The molecule has 1 unspecified atom stereocenters. The number of hydrazone groups is 1. The van der Waals surface area contributed by atoms with Gasteiger partial charge in [0.15, 0.2) is 0 Å². The zero-order valence-electron chi connectivity index (χ0n) is 10.5. The maximum absolute atomic E-state index is 7.76. The summed E-state index contributed by atoms with van der Waals surface area (Å²) < 4.78 is 0. The third kappa shape index (κ3) is 3.00. The van der Waals surface area contributed by atoms with E-state index in [0.717, 1.165) is 11.1 Å². The Bertz CT molecular complexity index is 427. The van der Waals surface area contributed by atoms with E-state index < -0.39 is 0 Å². The van der Waals surface area contributed by atoms with E-state index in [1.807, 2.05) is 32.2 Å². The van der Waals surface area contributed by atoms with E-state index in [2.05, 4.69) is 16.7 Å². The molecule has 0 aromatic carbocycles. The van der Waals surface area contributed by atoms with Crippen molar-refractivity contribution < 1.29 is 0 Å². The molecule has 1 heterocycles. The highest BCUT2D eigenvalue weighted by Crippen LogP contribution is 2.22.